The molecule has 40 heavy (non-hydrogen) atoms. The third kappa shape index (κ3) is 5.96. The first-order valence-corrected chi connectivity index (χ1v) is 14.4. The highest BCUT2D eigenvalue weighted by Gasteiger charge is 2.27. The molecule has 5 rings (SSSR count). The summed E-state index contributed by atoms with van der Waals surface area (Å²) in [5, 5.41) is 12.2. The lowest BCUT2D eigenvalue weighted by Crippen LogP contribution is -2.50. The number of benzene rings is 2. The van der Waals surface area contributed by atoms with Crippen LogP contribution in [0.1, 0.15) is 39.9 Å². The molecule has 210 valence electrons. The van der Waals surface area contributed by atoms with Gasteiger partial charge in [0.15, 0.2) is 5.13 Å². The molecule has 1 N–H and O–H groups in total. The van der Waals surface area contributed by atoms with Crippen molar-refractivity contribution in [3.05, 3.63) is 64.0 Å². The normalized spacial score (nSPS) is 16.4. The molecule has 2 aliphatic rings. The number of piperidine rings is 1. The van der Waals surface area contributed by atoms with Crippen molar-refractivity contribution in [3.63, 3.8) is 0 Å². The molecule has 2 fully saturated rings. The molecule has 3 aromatic rings. The smallest absolute Gasteiger partial charge is 0.306 e. The van der Waals surface area contributed by atoms with Gasteiger partial charge in [-0.15, -0.1) is 11.3 Å². The largest absolute Gasteiger partial charge is 0.488 e. The molecule has 0 aliphatic carbocycles. The third-order valence-corrected chi connectivity index (χ3v) is 8.64. The Kier molecular flexibility index (Phi) is 8.07. The number of aryl methyl sites for hydroxylation is 2. The fourth-order valence-corrected chi connectivity index (χ4v) is 5.96. The number of carbonyl (C=O) groups excluding carboxylic acids is 2. The van der Waals surface area contributed by atoms with Crippen LogP contribution in [0.25, 0.3) is 11.3 Å². The monoisotopic (exact) mass is 562 g/mol. The van der Waals surface area contributed by atoms with Crippen LogP contribution in [0, 0.1) is 19.8 Å². The van der Waals surface area contributed by atoms with Crippen molar-refractivity contribution in [2.75, 3.05) is 44.7 Å². The summed E-state index contributed by atoms with van der Waals surface area (Å²) in [5.41, 5.74) is 5.32. The van der Waals surface area contributed by atoms with E-state index in [2.05, 4.69) is 11.0 Å². The quantitative estimate of drug-likeness (QED) is 0.460. The van der Waals surface area contributed by atoms with Crippen molar-refractivity contribution in [1.82, 2.24) is 14.8 Å². The number of piperazine rings is 1. The molecule has 3 heterocycles. The van der Waals surface area contributed by atoms with Gasteiger partial charge in [-0.25, -0.2) is 4.98 Å². The molecule has 0 radical (unpaired) electrons. The highest BCUT2D eigenvalue weighted by Crippen LogP contribution is 2.36. The Balaban J connectivity index is 1.27. The van der Waals surface area contributed by atoms with Crippen LogP contribution in [0.3, 0.4) is 0 Å². The van der Waals surface area contributed by atoms with Crippen molar-refractivity contribution in [3.8, 4) is 17.0 Å². The minimum atomic E-state index is -0.718. The number of carbonyl (C=O) groups is 3. The third-order valence-electron chi connectivity index (χ3n) is 7.73. The van der Waals surface area contributed by atoms with Crippen LogP contribution in [0.15, 0.2) is 41.8 Å². The summed E-state index contributed by atoms with van der Waals surface area (Å²) in [7, 11) is 1.75. The molecular weight excluding hydrogens is 528 g/mol. The van der Waals surface area contributed by atoms with Gasteiger partial charge in [0.2, 0.25) is 5.91 Å². The number of nitrogens with zero attached hydrogens (tertiary/aromatic N) is 4. The fraction of sp³-hybridized carbons (Fsp3) is 0.400. The van der Waals surface area contributed by atoms with Crippen LogP contribution in [-0.4, -0.2) is 77.4 Å². The zero-order valence-corrected chi connectivity index (χ0v) is 23.9. The van der Waals surface area contributed by atoms with Gasteiger partial charge in [0.25, 0.3) is 5.91 Å². The number of hydrogen-bond donors (Lipinski definition) is 1. The number of thiazole rings is 1. The van der Waals surface area contributed by atoms with E-state index in [9.17, 15) is 19.5 Å². The van der Waals surface area contributed by atoms with E-state index in [0.29, 0.717) is 51.2 Å². The minimum Gasteiger partial charge on any atom is -0.488 e. The number of amides is 2. The summed E-state index contributed by atoms with van der Waals surface area (Å²) in [5.74, 6) is -0.458. The van der Waals surface area contributed by atoms with Gasteiger partial charge in [-0.2, -0.15) is 0 Å². The minimum absolute atomic E-state index is 0.0507. The molecule has 2 aromatic carbocycles. The van der Waals surface area contributed by atoms with Crippen LogP contribution in [0.2, 0.25) is 0 Å². The molecule has 0 spiro atoms. The number of aliphatic carboxylic acids is 1. The average molecular weight is 563 g/mol. The average Bonchev–Trinajstić information content (AvgIpc) is 3.44. The summed E-state index contributed by atoms with van der Waals surface area (Å²) in [6, 6.07) is 11.6. The number of carboxylic acids is 1. The van der Waals surface area contributed by atoms with Crippen molar-refractivity contribution >= 4 is 34.3 Å². The second-order valence-corrected chi connectivity index (χ2v) is 11.4. The summed E-state index contributed by atoms with van der Waals surface area (Å²) in [6.07, 6.45) is 1.25. The van der Waals surface area contributed by atoms with E-state index in [1.165, 1.54) is 0 Å². The number of aromatic nitrogens is 1. The van der Waals surface area contributed by atoms with E-state index < -0.39 is 5.97 Å². The Hall–Kier alpha value is -3.92. The molecule has 0 saturated carbocycles. The van der Waals surface area contributed by atoms with E-state index in [4.69, 9.17) is 9.72 Å². The molecule has 0 bridgehead atoms. The fourth-order valence-electron chi connectivity index (χ4n) is 5.08. The Morgan fingerprint density at radius 2 is 1.85 bits per heavy atom. The number of anilines is 1. The summed E-state index contributed by atoms with van der Waals surface area (Å²) >= 11 is 1.56. The predicted octanol–water partition coefficient (Wildman–Crippen LogP) is 4.22. The van der Waals surface area contributed by atoms with E-state index >= 15 is 0 Å². The summed E-state index contributed by atoms with van der Waals surface area (Å²) in [4.78, 5) is 46.6. The lowest BCUT2D eigenvalue weighted by atomic mass is 9.97. The van der Waals surface area contributed by atoms with Crippen molar-refractivity contribution in [2.45, 2.75) is 33.3 Å². The molecule has 0 atom stereocenters. The molecule has 2 saturated heterocycles. The standard InChI is InChI=1S/C30H34N4O5S/c1-19-4-7-26(24(14-19)25-18-40-30(31-25)33-10-8-21(9-11-33)29(37)38)39-17-23-6-5-22(15-20(23)2)28(36)34-13-12-32(3)27(35)16-34/h4-7,14-15,18,21H,8-13,16-17H2,1-3H3,(H,37,38). The van der Waals surface area contributed by atoms with E-state index in [1.807, 2.05) is 43.5 Å². The predicted molar refractivity (Wildman–Crippen MR) is 154 cm³/mol. The number of likely N-dealkylation sites (N-methyl/N-ethyl adjacent to an activating group) is 1. The lowest BCUT2D eigenvalue weighted by molar-refractivity contribution is -0.142. The molecular formula is C30H34N4O5S. The van der Waals surface area contributed by atoms with Gasteiger partial charge in [-0.3, -0.25) is 14.4 Å². The van der Waals surface area contributed by atoms with E-state index in [-0.39, 0.29) is 24.3 Å². The molecule has 2 amide bonds. The van der Waals surface area contributed by atoms with E-state index in [0.717, 1.165) is 38.8 Å². The van der Waals surface area contributed by atoms with Gasteiger partial charge in [0.1, 0.15) is 18.9 Å². The molecule has 1 aromatic heterocycles. The SMILES string of the molecule is Cc1ccc(OCc2ccc(C(=O)N3CCN(C)C(=O)C3)cc2C)c(-c2csc(N3CCC(C(=O)O)CC3)n2)c1. The van der Waals surface area contributed by atoms with Crippen LogP contribution in [-0.2, 0) is 16.2 Å². The molecule has 9 nitrogen and oxygen atoms in total. The highest BCUT2D eigenvalue weighted by atomic mass is 32.1. The molecule has 2 aliphatic heterocycles. The summed E-state index contributed by atoms with van der Waals surface area (Å²) < 4.78 is 6.29. The topological polar surface area (TPSA) is 103 Å². The maximum atomic E-state index is 13.0. The van der Waals surface area contributed by atoms with Gasteiger partial charge in [-0.1, -0.05) is 17.7 Å². The highest BCUT2D eigenvalue weighted by molar-refractivity contribution is 7.14. The maximum Gasteiger partial charge on any atom is 0.306 e. The first-order valence-electron chi connectivity index (χ1n) is 13.5. The van der Waals surface area contributed by atoms with Gasteiger partial charge in [0.05, 0.1) is 11.6 Å². The van der Waals surface area contributed by atoms with E-state index in [1.54, 1.807) is 34.3 Å². The number of hydrogen-bond acceptors (Lipinski definition) is 7. The van der Waals surface area contributed by atoms with Gasteiger partial charge in [0, 0.05) is 49.7 Å². The number of carboxylic acid groups (broad SMARTS) is 1. The van der Waals surface area contributed by atoms with Gasteiger partial charge >= 0.3 is 5.97 Å². The summed E-state index contributed by atoms with van der Waals surface area (Å²) in [6.45, 7) is 6.87. The zero-order valence-electron chi connectivity index (χ0n) is 23.1. The second kappa shape index (κ2) is 11.7. The number of rotatable bonds is 7. The number of ether oxygens (including phenoxy) is 1. The van der Waals surface area contributed by atoms with Gasteiger partial charge in [-0.05, 0) is 62.1 Å². The Labute approximate surface area is 238 Å². The molecule has 10 heteroatoms. The Morgan fingerprint density at radius 1 is 1.07 bits per heavy atom. The van der Waals surface area contributed by atoms with Crippen molar-refractivity contribution in [1.29, 1.82) is 0 Å². The first kappa shape index (κ1) is 27.6. The van der Waals surface area contributed by atoms with Crippen molar-refractivity contribution in [2.24, 2.45) is 5.92 Å². The van der Waals surface area contributed by atoms with Gasteiger partial charge < -0.3 is 24.5 Å². The van der Waals surface area contributed by atoms with Crippen LogP contribution < -0.4 is 9.64 Å². The second-order valence-electron chi connectivity index (χ2n) is 10.6. The first-order chi connectivity index (χ1) is 19.2. The van der Waals surface area contributed by atoms with Crippen LogP contribution >= 0.6 is 11.3 Å². The Bertz CT molecular complexity index is 1430. The van der Waals surface area contributed by atoms with Crippen LogP contribution in [0.4, 0.5) is 5.13 Å². The Morgan fingerprint density at radius 3 is 2.55 bits per heavy atom. The van der Waals surface area contributed by atoms with Crippen molar-refractivity contribution < 1.29 is 24.2 Å². The molecule has 0 unspecified atom stereocenters. The zero-order chi connectivity index (χ0) is 28.4. The lowest BCUT2D eigenvalue weighted by Gasteiger charge is -2.32. The van der Waals surface area contributed by atoms with Crippen LogP contribution in [0.5, 0.6) is 5.75 Å². The maximum absolute atomic E-state index is 13.0.